The fourth-order valence-corrected chi connectivity index (χ4v) is 3.30. The fraction of sp³-hybridized carbons (Fsp3) is 0.667. The summed E-state index contributed by atoms with van der Waals surface area (Å²) < 4.78 is 10.3. The lowest BCUT2D eigenvalue weighted by atomic mass is 9.96. The van der Waals surface area contributed by atoms with Crippen LogP contribution in [0.3, 0.4) is 0 Å². The molecule has 1 aromatic carbocycles. The topological polar surface area (TPSA) is 58.1 Å². The zero-order valence-corrected chi connectivity index (χ0v) is 19.9. The summed E-state index contributed by atoms with van der Waals surface area (Å²) in [4.78, 5) is 7.32. The maximum absolute atomic E-state index is 5.23. The number of aliphatic imine (C=N–C) groups is 1. The van der Waals surface area contributed by atoms with E-state index >= 15 is 0 Å². The molecule has 0 aromatic heterocycles. The van der Waals surface area contributed by atoms with Crippen LogP contribution in [0, 0.1) is 5.92 Å². The van der Waals surface area contributed by atoms with E-state index in [1.807, 2.05) is 12.1 Å². The Morgan fingerprint density at radius 2 is 1.86 bits per heavy atom. The lowest BCUT2D eigenvalue weighted by molar-refractivity contribution is 0.180. The van der Waals surface area contributed by atoms with Crippen LogP contribution in [0.2, 0.25) is 0 Å². The second-order valence-corrected chi connectivity index (χ2v) is 7.06. The number of nitrogens with zero attached hydrogens (tertiary/aromatic N) is 2. The van der Waals surface area contributed by atoms with Crippen LogP contribution in [-0.4, -0.2) is 64.4 Å². The van der Waals surface area contributed by atoms with E-state index in [0.717, 1.165) is 64.0 Å². The van der Waals surface area contributed by atoms with Gasteiger partial charge in [-0.1, -0.05) is 12.1 Å². The molecule has 6 nitrogen and oxygen atoms in total. The average molecular weight is 504 g/mol. The van der Waals surface area contributed by atoms with Crippen molar-refractivity contribution in [3.8, 4) is 5.75 Å². The first kappa shape index (κ1) is 25.0. The maximum atomic E-state index is 5.23. The number of hydrogen-bond donors (Lipinski definition) is 2. The molecule has 28 heavy (non-hydrogen) atoms. The number of methoxy groups -OCH3 is 2. The largest absolute Gasteiger partial charge is 0.497 e. The average Bonchev–Trinajstić information content (AvgIpc) is 2.71. The third-order valence-electron chi connectivity index (χ3n) is 4.94. The van der Waals surface area contributed by atoms with E-state index < -0.39 is 0 Å². The van der Waals surface area contributed by atoms with Gasteiger partial charge in [-0.15, -0.1) is 24.0 Å². The number of rotatable bonds is 10. The summed E-state index contributed by atoms with van der Waals surface area (Å²) in [6.07, 6.45) is 3.41. The summed E-state index contributed by atoms with van der Waals surface area (Å²) in [5.74, 6) is 2.52. The maximum Gasteiger partial charge on any atom is 0.191 e. The zero-order valence-electron chi connectivity index (χ0n) is 17.6. The highest BCUT2D eigenvalue weighted by molar-refractivity contribution is 14.0. The summed E-state index contributed by atoms with van der Waals surface area (Å²) in [6.45, 7) is 8.85. The summed E-state index contributed by atoms with van der Waals surface area (Å²) in [7, 11) is 3.44. The predicted octanol–water partition coefficient (Wildman–Crippen LogP) is 3.12. The van der Waals surface area contributed by atoms with Crippen molar-refractivity contribution in [2.24, 2.45) is 10.9 Å². The molecule has 0 atom stereocenters. The molecule has 1 saturated heterocycles. The zero-order chi connectivity index (χ0) is 19.3. The van der Waals surface area contributed by atoms with Gasteiger partial charge in [0.2, 0.25) is 0 Å². The molecule has 1 fully saturated rings. The number of piperidine rings is 1. The van der Waals surface area contributed by atoms with Gasteiger partial charge in [0.15, 0.2) is 5.96 Å². The van der Waals surface area contributed by atoms with Crippen molar-refractivity contribution in [3.63, 3.8) is 0 Å². The van der Waals surface area contributed by atoms with Gasteiger partial charge in [0.05, 0.1) is 7.11 Å². The van der Waals surface area contributed by atoms with Gasteiger partial charge >= 0.3 is 0 Å². The highest BCUT2D eigenvalue weighted by Crippen LogP contribution is 2.20. The summed E-state index contributed by atoms with van der Waals surface area (Å²) in [6, 6.07) is 8.40. The third kappa shape index (κ3) is 9.43. The highest BCUT2D eigenvalue weighted by Gasteiger charge is 2.19. The Labute approximate surface area is 187 Å². The van der Waals surface area contributed by atoms with Gasteiger partial charge in [0, 0.05) is 39.9 Å². The first-order valence-electron chi connectivity index (χ1n) is 10.1. The number of benzene rings is 1. The SMILES string of the molecule is CCNC(=NCC1CCN(Cc2ccc(OC)cc2)CC1)NCCCOC.I. The van der Waals surface area contributed by atoms with E-state index in [-0.39, 0.29) is 24.0 Å². The monoisotopic (exact) mass is 504 g/mol. The fourth-order valence-electron chi connectivity index (χ4n) is 3.30. The number of nitrogens with one attached hydrogen (secondary N) is 2. The van der Waals surface area contributed by atoms with E-state index in [9.17, 15) is 0 Å². The van der Waals surface area contributed by atoms with Crippen molar-refractivity contribution in [3.05, 3.63) is 29.8 Å². The van der Waals surface area contributed by atoms with Gasteiger partial charge in [-0.05, 0) is 62.9 Å². The van der Waals surface area contributed by atoms with Gasteiger partial charge in [-0.2, -0.15) is 0 Å². The minimum atomic E-state index is 0. The number of halogens is 1. The Morgan fingerprint density at radius 3 is 2.46 bits per heavy atom. The van der Waals surface area contributed by atoms with Crippen molar-refractivity contribution in [1.82, 2.24) is 15.5 Å². The van der Waals surface area contributed by atoms with Gasteiger partial charge < -0.3 is 20.1 Å². The molecule has 0 radical (unpaired) electrons. The van der Waals surface area contributed by atoms with Crippen LogP contribution in [0.4, 0.5) is 0 Å². The molecule has 160 valence electrons. The van der Waals surface area contributed by atoms with E-state index in [0.29, 0.717) is 5.92 Å². The van der Waals surface area contributed by atoms with Gasteiger partial charge in [0.1, 0.15) is 5.75 Å². The van der Waals surface area contributed by atoms with Crippen LogP contribution < -0.4 is 15.4 Å². The second kappa shape index (κ2) is 14.9. The van der Waals surface area contributed by atoms with Crippen molar-refractivity contribution >= 4 is 29.9 Å². The smallest absolute Gasteiger partial charge is 0.191 e. The Hall–Kier alpha value is -1.06. The van der Waals surface area contributed by atoms with Gasteiger partial charge in [-0.25, -0.2) is 0 Å². The van der Waals surface area contributed by atoms with Crippen molar-refractivity contribution < 1.29 is 9.47 Å². The van der Waals surface area contributed by atoms with Gasteiger partial charge in [0.25, 0.3) is 0 Å². The Balaban J connectivity index is 0.00000392. The molecule has 0 spiro atoms. The molecular weight excluding hydrogens is 467 g/mol. The highest BCUT2D eigenvalue weighted by atomic mass is 127. The summed E-state index contributed by atoms with van der Waals surface area (Å²) in [5, 5.41) is 6.71. The molecule has 1 aliphatic rings. The van der Waals surface area contributed by atoms with Crippen LogP contribution in [0.15, 0.2) is 29.3 Å². The lowest BCUT2D eigenvalue weighted by Gasteiger charge is -2.31. The number of hydrogen-bond acceptors (Lipinski definition) is 4. The molecule has 0 saturated carbocycles. The molecule has 0 bridgehead atoms. The third-order valence-corrected chi connectivity index (χ3v) is 4.94. The number of likely N-dealkylation sites (tertiary alicyclic amines) is 1. The lowest BCUT2D eigenvalue weighted by Crippen LogP contribution is -2.39. The molecule has 7 heteroatoms. The minimum Gasteiger partial charge on any atom is -0.497 e. The van der Waals surface area contributed by atoms with E-state index in [4.69, 9.17) is 14.5 Å². The molecule has 0 aliphatic carbocycles. The first-order chi connectivity index (χ1) is 13.2. The minimum absolute atomic E-state index is 0. The summed E-state index contributed by atoms with van der Waals surface area (Å²) >= 11 is 0. The molecule has 1 heterocycles. The van der Waals surface area contributed by atoms with Crippen LogP contribution in [-0.2, 0) is 11.3 Å². The van der Waals surface area contributed by atoms with E-state index in [1.54, 1.807) is 14.2 Å². The molecule has 0 unspecified atom stereocenters. The second-order valence-electron chi connectivity index (χ2n) is 7.06. The standard InChI is InChI=1S/C21H36N4O2.HI/c1-4-22-21(23-12-5-15-26-2)24-16-18-10-13-25(14-11-18)17-19-6-8-20(27-3)9-7-19;/h6-9,18H,4-5,10-17H2,1-3H3,(H2,22,23,24);1H. The normalized spacial score (nSPS) is 15.8. The predicted molar refractivity (Wildman–Crippen MR) is 127 cm³/mol. The van der Waals surface area contributed by atoms with Crippen LogP contribution in [0.25, 0.3) is 0 Å². The number of guanidine groups is 1. The molecule has 0 amide bonds. The molecule has 2 rings (SSSR count). The Kier molecular flexibility index (Phi) is 13.3. The van der Waals surface area contributed by atoms with Crippen molar-refractivity contribution in [2.45, 2.75) is 32.7 Å². The summed E-state index contributed by atoms with van der Waals surface area (Å²) in [5.41, 5.74) is 1.35. The Morgan fingerprint density at radius 1 is 1.14 bits per heavy atom. The van der Waals surface area contributed by atoms with Crippen LogP contribution >= 0.6 is 24.0 Å². The molecule has 1 aliphatic heterocycles. The van der Waals surface area contributed by atoms with E-state index in [2.05, 4.69) is 34.6 Å². The number of ether oxygens (including phenoxy) is 2. The van der Waals surface area contributed by atoms with E-state index in [1.165, 1.54) is 18.4 Å². The van der Waals surface area contributed by atoms with Gasteiger partial charge in [-0.3, -0.25) is 9.89 Å². The van der Waals surface area contributed by atoms with Crippen molar-refractivity contribution in [2.75, 3.05) is 53.6 Å². The molecule has 2 N–H and O–H groups in total. The van der Waals surface area contributed by atoms with Crippen LogP contribution in [0.5, 0.6) is 5.75 Å². The quantitative estimate of drug-likeness (QED) is 0.222. The van der Waals surface area contributed by atoms with Crippen LogP contribution in [0.1, 0.15) is 31.7 Å². The molecular formula is C21H37IN4O2. The molecule has 1 aromatic rings. The van der Waals surface area contributed by atoms with Crippen molar-refractivity contribution in [1.29, 1.82) is 0 Å². The first-order valence-corrected chi connectivity index (χ1v) is 10.1. The Bertz CT molecular complexity index is 546.